The summed E-state index contributed by atoms with van der Waals surface area (Å²) in [6.45, 7) is 8.61. The number of aryl methyl sites for hydroxylation is 2. The molecule has 4 atom stereocenters. The number of nitro groups is 1. The molecule has 1 aliphatic rings. The van der Waals surface area contributed by atoms with Gasteiger partial charge < -0.3 is 19.7 Å². The fraction of sp³-hybridized carbons (Fsp3) is 0.762. The number of ether oxygens (including phenoxy) is 2. The second kappa shape index (κ2) is 10.3. The van der Waals surface area contributed by atoms with Crippen LogP contribution in [-0.2, 0) is 9.53 Å². The van der Waals surface area contributed by atoms with Crippen molar-refractivity contribution in [3.05, 3.63) is 21.6 Å². The number of hydrogen-bond acceptors (Lipinski definition) is 9. The standard InChI is InChI=1S/C21H33N3O7/c1-12-16(24(28)29)19(23-13(2)22-12)31-18-15(7-6-9-25)11-14(17(18)26)8-10-30-20(27)21(3,4)5/h14-15,17-18,25-26H,6-11H2,1-5H3/t14-,15?,17+,18-/m0/s1. The van der Waals surface area contributed by atoms with Crippen LogP contribution in [0.15, 0.2) is 0 Å². The molecular formula is C21H33N3O7. The second-order valence-corrected chi connectivity index (χ2v) is 9.14. The smallest absolute Gasteiger partial charge is 0.351 e. The number of hydrogen-bond donors (Lipinski definition) is 2. The highest BCUT2D eigenvalue weighted by molar-refractivity contribution is 5.75. The van der Waals surface area contributed by atoms with E-state index in [4.69, 9.17) is 9.47 Å². The minimum atomic E-state index is -0.910. The van der Waals surface area contributed by atoms with E-state index in [1.165, 1.54) is 6.92 Å². The number of carbonyl (C=O) groups is 1. The number of aliphatic hydroxyl groups is 2. The van der Waals surface area contributed by atoms with E-state index >= 15 is 0 Å². The Morgan fingerprint density at radius 1 is 1.23 bits per heavy atom. The first-order valence-electron chi connectivity index (χ1n) is 10.6. The molecule has 0 amide bonds. The van der Waals surface area contributed by atoms with Gasteiger partial charge >= 0.3 is 11.7 Å². The van der Waals surface area contributed by atoms with E-state index in [9.17, 15) is 25.1 Å². The van der Waals surface area contributed by atoms with Crippen molar-refractivity contribution in [3.63, 3.8) is 0 Å². The van der Waals surface area contributed by atoms with Crippen LogP contribution in [-0.4, -0.2) is 56.5 Å². The molecular weight excluding hydrogens is 406 g/mol. The van der Waals surface area contributed by atoms with Gasteiger partial charge in [-0.15, -0.1) is 0 Å². The van der Waals surface area contributed by atoms with Crippen LogP contribution in [0.4, 0.5) is 5.69 Å². The van der Waals surface area contributed by atoms with Crippen molar-refractivity contribution in [2.24, 2.45) is 17.3 Å². The quantitative estimate of drug-likeness (QED) is 0.337. The van der Waals surface area contributed by atoms with Gasteiger partial charge in [-0.2, -0.15) is 4.98 Å². The lowest BCUT2D eigenvalue weighted by Crippen LogP contribution is -2.35. The van der Waals surface area contributed by atoms with Gasteiger partial charge in [-0.05, 0) is 72.1 Å². The third kappa shape index (κ3) is 6.33. The lowest BCUT2D eigenvalue weighted by atomic mass is 9.97. The van der Waals surface area contributed by atoms with Gasteiger partial charge in [-0.3, -0.25) is 14.9 Å². The van der Waals surface area contributed by atoms with Gasteiger partial charge in [0.25, 0.3) is 5.88 Å². The summed E-state index contributed by atoms with van der Waals surface area (Å²) < 4.78 is 11.3. The average Bonchev–Trinajstić information content (AvgIpc) is 2.93. The summed E-state index contributed by atoms with van der Waals surface area (Å²) in [7, 11) is 0. The molecule has 10 nitrogen and oxygen atoms in total. The molecule has 31 heavy (non-hydrogen) atoms. The van der Waals surface area contributed by atoms with E-state index in [0.29, 0.717) is 31.5 Å². The van der Waals surface area contributed by atoms with Gasteiger partial charge in [0.05, 0.1) is 23.0 Å². The molecule has 0 bridgehead atoms. The summed E-state index contributed by atoms with van der Waals surface area (Å²) in [5, 5.41) is 31.7. The lowest BCUT2D eigenvalue weighted by molar-refractivity contribution is -0.387. The zero-order valence-electron chi connectivity index (χ0n) is 18.8. The fourth-order valence-corrected chi connectivity index (χ4v) is 3.92. The van der Waals surface area contributed by atoms with E-state index in [-0.39, 0.29) is 48.3 Å². The van der Waals surface area contributed by atoms with Crippen molar-refractivity contribution in [1.82, 2.24) is 9.97 Å². The maximum Gasteiger partial charge on any atom is 0.351 e. The Morgan fingerprint density at radius 2 is 1.90 bits per heavy atom. The zero-order chi connectivity index (χ0) is 23.3. The van der Waals surface area contributed by atoms with E-state index in [1.807, 2.05) is 0 Å². The number of aromatic nitrogens is 2. The molecule has 1 unspecified atom stereocenters. The van der Waals surface area contributed by atoms with Gasteiger partial charge in [0.1, 0.15) is 17.6 Å². The predicted molar refractivity (Wildman–Crippen MR) is 112 cm³/mol. The molecule has 0 aromatic carbocycles. The summed E-state index contributed by atoms with van der Waals surface area (Å²) in [5.74, 6) is -0.464. The molecule has 0 saturated heterocycles. The van der Waals surface area contributed by atoms with Crippen molar-refractivity contribution >= 4 is 11.7 Å². The first-order valence-corrected chi connectivity index (χ1v) is 10.6. The highest BCUT2D eigenvalue weighted by Crippen LogP contribution is 2.40. The number of nitrogens with zero attached hydrogens (tertiary/aromatic N) is 3. The van der Waals surface area contributed by atoms with Crippen LogP contribution < -0.4 is 4.74 Å². The minimum absolute atomic E-state index is 0.000944. The number of aliphatic hydroxyl groups excluding tert-OH is 2. The molecule has 0 radical (unpaired) electrons. The molecule has 0 spiro atoms. The van der Waals surface area contributed by atoms with Gasteiger partial charge in [0.2, 0.25) is 0 Å². The number of carbonyl (C=O) groups excluding carboxylic acids is 1. The first-order chi connectivity index (χ1) is 14.5. The third-order valence-corrected chi connectivity index (χ3v) is 5.53. The molecule has 2 N–H and O–H groups in total. The SMILES string of the molecule is Cc1nc(C)c([N+](=O)[O-])c(O[C@H]2C(CCCO)C[C@H](CCOC(=O)C(C)(C)C)[C@H]2O)n1. The summed E-state index contributed by atoms with van der Waals surface area (Å²) >= 11 is 0. The van der Waals surface area contributed by atoms with E-state index in [1.54, 1.807) is 27.7 Å². The van der Waals surface area contributed by atoms with Crippen LogP contribution in [0.1, 0.15) is 58.0 Å². The predicted octanol–water partition coefficient (Wildman–Crippen LogP) is 2.50. The Kier molecular flexibility index (Phi) is 8.30. The Balaban J connectivity index is 2.17. The Bertz CT molecular complexity index is 794. The molecule has 0 aliphatic heterocycles. The maximum absolute atomic E-state index is 12.0. The number of rotatable bonds is 9. The average molecular weight is 440 g/mol. The van der Waals surface area contributed by atoms with Gasteiger partial charge in [0, 0.05) is 6.61 Å². The van der Waals surface area contributed by atoms with Gasteiger partial charge in [0.15, 0.2) is 0 Å². The molecule has 1 heterocycles. The molecule has 1 aromatic rings. The Labute approximate surface area is 182 Å². The van der Waals surface area contributed by atoms with E-state index in [2.05, 4.69) is 9.97 Å². The van der Waals surface area contributed by atoms with Crippen LogP contribution in [0.2, 0.25) is 0 Å². The third-order valence-electron chi connectivity index (χ3n) is 5.53. The van der Waals surface area contributed by atoms with E-state index < -0.39 is 22.5 Å². The fourth-order valence-electron chi connectivity index (χ4n) is 3.92. The first kappa shape index (κ1) is 24.9. The van der Waals surface area contributed by atoms with Crippen LogP contribution in [0.5, 0.6) is 5.88 Å². The Hall–Kier alpha value is -2.33. The largest absolute Gasteiger partial charge is 0.466 e. The van der Waals surface area contributed by atoms with Crippen molar-refractivity contribution in [2.75, 3.05) is 13.2 Å². The molecule has 1 aliphatic carbocycles. The second-order valence-electron chi connectivity index (χ2n) is 9.14. The number of esters is 1. The van der Waals surface area contributed by atoms with Crippen LogP contribution >= 0.6 is 0 Å². The molecule has 1 fully saturated rings. The van der Waals surface area contributed by atoms with Crippen molar-refractivity contribution < 1.29 is 29.4 Å². The molecule has 10 heteroatoms. The normalized spacial score (nSPS) is 23.6. The van der Waals surface area contributed by atoms with Crippen LogP contribution in [0.25, 0.3) is 0 Å². The monoisotopic (exact) mass is 439 g/mol. The molecule has 1 aromatic heterocycles. The molecule has 1 saturated carbocycles. The van der Waals surface area contributed by atoms with Crippen molar-refractivity contribution in [1.29, 1.82) is 0 Å². The summed E-state index contributed by atoms with van der Waals surface area (Å²) in [6, 6.07) is 0. The zero-order valence-corrected chi connectivity index (χ0v) is 18.8. The van der Waals surface area contributed by atoms with Crippen LogP contribution in [0.3, 0.4) is 0 Å². The summed E-state index contributed by atoms with van der Waals surface area (Å²) in [6.07, 6.45) is 0.521. The lowest BCUT2D eigenvalue weighted by Gasteiger charge is -2.24. The molecule has 2 rings (SSSR count). The summed E-state index contributed by atoms with van der Waals surface area (Å²) in [5.41, 5.74) is -0.732. The van der Waals surface area contributed by atoms with E-state index in [0.717, 1.165) is 0 Å². The van der Waals surface area contributed by atoms with Crippen LogP contribution in [0, 0.1) is 41.2 Å². The summed E-state index contributed by atoms with van der Waals surface area (Å²) in [4.78, 5) is 31.0. The molecule has 174 valence electrons. The topological polar surface area (TPSA) is 145 Å². The van der Waals surface area contributed by atoms with Crippen molar-refractivity contribution in [2.45, 2.75) is 72.5 Å². The Morgan fingerprint density at radius 3 is 2.48 bits per heavy atom. The van der Waals surface area contributed by atoms with Gasteiger partial charge in [-0.1, -0.05) is 0 Å². The minimum Gasteiger partial charge on any atom is -0.466 e. The van der Waals surface area contributed by atoms with Crippen molar-refractivity contribution in [3.8, 4) is 5.88 Å². The highest BCUT2D eigenvalue weighted by Gasteiger charge is 2.45. The highest BCUT2D eigenvalue weighted by atomic mass is 16.6. The maximum atomic E-state index is 12.0. The van der Waals surface area contributed by atoms with Gasteiger partial charge in [-0.25, -0.2) is 4.98 Å².